The Morgan fingerprint density at radius 2 is 2.23 bits per heavy atom. The van der Waals surface area contributed by atoms with Crippen molar-refractivity contribution in [2.45, 2.75) is 18.9 Å². The number of likely N-dealkylation sites (tertiary alicyclic amines) is 1. The minimum absolute atomic E-state index is 0.0529. The molecule has 0 aliphatic carbocycles. The first-order valence-electron chi connectivity index (χ1n) is 8.82. The summed E-state index contributed by atoms with van der Waals surface area (Å²) in [5.74, 6) is -0.177. The van der Waals surface area contributed by atoms with E-state index < -0.39 is 0 Å². The van der Waals surface area contributed by atoms with Crippen LogP contribution in [-0.4, -0.2) is 57.7 Å². The lowest BCUT2D eigenvalue weighted by atomic mass is 9.83. The van der Waals surface area contributed by atoms with E-state index in [0.29, 0.717) is 37.5 Å². The fourth-order valence-corrected chi connectivity index (χ4v) is 3.72. The van der Waals surface area contributed by atoms with Crippen molar-refractivity contribution >= 4 is 17.5 Å². The topological polar surface area (TPSA) is 100 Å². The third-order valence-corrected chi connectivity index (χ3v) is 5.08. The van der Waals surface area contributed by atoms with Gasteiger partial charge < -0.3 is 15.0 Å². The summed E-state index contributed by atoms with van der Waals surface area (Å²) >= 11 is 0. The number of nitrogens with one attached hydrogen (secondary N) is 2. The number of pyridine rings is 1. The highest BCUT2D eigenvalue weighted by Crippen LogP contribution is 2.32. The molecule has 4 rings (SSSR count). The van der Waals surface area contributed by atoms with Gasteiger partial charge in [-0.2, -0.15) is 5.10 Å². The first-order chi connectivity index (χ1) is 12.7. The second-order valence-electron chi connectivity index (χ2n) is 6.81. The van der Waals surface area contributed by atoms with Crippen LogP contribution in [0.2, 0.25) is 0 Å². The van der Waals surface area contributed by atoms with Gasteiger partial charge in [0.1, 0.15) is 5.69 Å². The second-order valence-corrected chi connectivity index (χ2v) is 6.81. The molecule has 2 aliphatic rings. The van der Waals surface area contributed by atoms with Crippen LogP contribution in [0.1, 0.15) is 23.3 Å². The van der Waals surface area contributed by atoms with Gasteiger partial charge in [0.05, 0.1) is 30.5 Å². The van der Waals surface area contributed by atoms with Gasteiger partial charge in [-0.1, -0.05) is 0 Å². The summed E-state index contributed by atoms with van der Waals surface area (Å²) in [6.07, 6.45) is 6.48. The van der Waals surface area contributed by atoms with Gasteiger partial charge in [0.25, 0.3) is 5.91 Å². The number of ether oxygens (including phenoxy) is 1. The molecule has 2 saturated heterocycles. The number of H-pyrrole nitrogens is 1. The van der Waals surface area contributed by atoms with Crippen LogP contribution in [0.5, 0.6) is 0 Å². The van der Waals surface area contributed by atoms with Crippen molar-refractivity contribution in [3.8, 4) is 0 Å². The standard InChI is InChI=1S/C18H21N5O3/c24-17(21-14-2-1-5-19-9-14)13-8-12-10-23(7-4-16(12)26-11-13)18(25)15-3-6-20-22-15/h1-3,5-6,9,12-13,16H,4,7-8,10-11H2,(H,20,22)(H,21,24)/t12-,13-,16+/m0/s1. The molecule has 0 saturated carbocycles. The molecule has 0 aromatic carbocycles. The molecule has 0 spiro atoms. The predicted octanol–water partition coefficient (Wildman–Crippen LogP) is 1.31. The zero-order valence-electron chi connectivity index (χ0n) is 14.3. The highest BCUT2D eigenvalue weighted by Gasteiger charge is 2.39. The largest absolute Gasteiger partial charge is 0.377 e. The van der Waals surface area contributed by atoms with Crippen molar-refractivity contribution < 1.29 is 14.3 Å². The molecule has 2 N–H and O–H groups in total. The Balaban J connectivity index is 1.38. The van der Waals surface area contributed by atoms with Crippen molar-refractivity contribution in [3.05, 3.63) is 42.5 Å². The molecule has 4 heterocycles. The van der Waals surface area contributed by atoms with Crippen LogP contribution < -0.4 is 5.32 Å². The Morgan fingerprint density at radius 3 is 3.00 bits per heavy atom. The highest BCUT2D eigenvalue weighted by atomic mass is 16.5. The Bertz CT molecular complexity index is 764. The minimum atomic E-state index is -0.223. The Labute approximate surface area is 150 Å². The van der Waals surface area contributed by atoms with E-state index in [1.54, 1.807) is 30.7 Å². The molecule has 2 fully saturated rings. The van der Waals surface area contributed by atoms with Crippen molar-refractivity contribution in [2.24, 2.45) is 11.8 Å². The summed E-state index contributed by atoms with van der Waals surface area (Å²) in [6.45, 7) is 1.67. The van der Waals surface area contributed by atoms with Gasteiger partial charge in [0, 0.05) is 31.4 Å². The van der Waals surface area contributed by atoms with Gasteiger partial charge in [-0.3, -0.25) is 19.7 Å². The van der Waals surface area contributed by atoms with Gasteiger partial charge in [-0.05, 0) is 31.0 Å². The van der Waals surface area contributed by atoms with E-state index in [2.05, 4.69) is 20.5 Å². The van der Waals surface area contributed by atoms with Crippen LogP contribution in [-0.2, 0) is 9.53 Å². The van der Waals surface area contributed by atoms with Gasteiger partial charge in [0.2, 0.25) is 5.91 Å². The molecule has 0 unspecified atom stereocenters. The van der Waals surface area contributed by atoms with Crippen molar-refractivity contribution in [1.29, 1.82) is 0 Å². The Hall–Kier alpha value is -2.74. The maximum absolute atomic E-state index is 12.5. The first kappa shape index (κ1) is 16.7. The van der Waals surface area contributed by atoms with Crippen LogP contribution in [0, 0.1) is 11.8 Å². The van der Waals surface area contributed by atoms with Crippen LogP contribution in [0.4, 0.5) is 5.69 Å². The van der Waals surface area contributed by atoms with Gasteiger partial charge in [-0.25, -0.2) is 0 Å². The van der Waals surface area contributed by atoms with E-state index in [1.165, 1.54) is 0 Å². The van der Waals surface area contributed by atoms with Crippen LogP contribution >= 0.6 is 0 Å². The van der Waals surface area contributed by atoms with E-state index in [4.69, 9.17) is 4.74 Å². The molecule has 2 amide bonds. The number of rotatable bonds is 3. The zero-order valence-corrected chi connectivity index (χ0v) is 14.3. The maximum Gasteiger partial charge on any atom is 0.271 e. The number of carbonyl (C=O) groups is 2. The molecule has 26 heavy (non-hydrogen) atoms. The van der Waals surface area contributed by atoms with Gasteiger partial charge >= 0.3 is 0 Å². The van der Waals surface area contributed by atoms with Crippen LogP contribution in [0.3, 0.4) is 0 Å². The fourth-order valence-electron chi connectivity index (χ4n) is 3.72. The lowest BCUT2D eigenvalue weighted by Gasteiger charge is -2.42. The zero-order chi connectivity index (χ0) is 17.9. The highest BCUT2D eigenvalue weighted by molar-refractivity contribution is 5.93. The summed E-state index contributed by atoms with van der Waals surface area (Å²) < 4.78 is 5.94. The SMILES string of the molecule is O=C(Nc1cccnc1)[C@@H]1CO[C@@H]2CCN(C(=O)c3ccn[nH]3)C[C@@H]2C1. The van der Waals surface area contributed by atoms with E-state index >= 15 is 0 Å². The van der Waals surface area contributed by atoms with Gasteiger partial charge in [-0.15, -0.1) is 0 Å². The Kier molecular flexibility index (Phi) is 4.66. The number of carbonyl (C=O) groups excluding carboxylic acids is 2. The molecule has 2 aliphatic heterocycles. The van der Waals surface area contributed by atoms with Crippen molar-refractivity contribution in [1.82, 2.24) is 20.1 Å². The van der Waals surface area contributed by atoms with E-state index in [9.17, 15) is 9.59 Å². The molecule has 0 bridgehead atoms. The molecule has 136 valence electrons. The number of anilines is 1. The van der Waals surface area contributed by atoms with Crippen molar-refractivity contribution in [2.75, 3.05) is 25.0 Å². The molecule has 3 atom stereocenters. The third-order valence-electron chi connectivity index (χ3n) is 5.08. The average molecular weight is 355 g/mol. The number of piperidine rings is 1. The summed E-state index contributed by atoms with van der Waals surface area (Å²) in [4.78, 5) is 30.9. The van der Waals surface area contributed by atoms with E-state index in [0.717, 1.165) is 6.42 Å². The second kappa shape index (κ2) is 7.25. The summed E-state index contributed by atoms with van der Waals surface area (Å²) in [5.41, 5.74) is 1.17. The number of hydrogen-bond donors (Lipinski definition) is 2. The predicted molar refractivity (Wildman–Crippen MR) is 93.3 cm³/mol. The minimum Gasteiger partial charge on any atom is -0.377 e. The number of hydrogen-bond acceptors (Lipinski definition) is 5. The normalized spacial score (nSPS) is 25.4. The summed E-state index contributed by atoms with van der Waals surface area (Å²) in [6, 6.07) is 5.27. The molecular formula is C18H21N5O3. The number of amides is 2. The number of fused-ring (bicyclic) bond motifs is 1. The molecule has 0 radical (unpaired) electrons. The summed E-state index contributed by atoms with van der Waals surface area (Å²) in [7, 11) is 0. The molecular weight excluding hydrogens is 334 g/mol. The van der Waals surface area contributed by atoms with Gasteiger partial charge in [0.15, 0.2) is 0 Å². The quantitative estimate of drug-likeness (QED) is 0.865. The monoisotopic (exact) mass is 355 g/mol. The van der Waals surface area contributed by atoms with Crippen LogP contribution in [0.25, 0.3) is 0 Å². The fraction of sp³-hybridized carbons (Fsp3) is 0.444. The summed E-state index contributed by atoms with van der Waals surface area (Å²) in [5, 5.41) is 9.45. The van der Waals surface area contributed by atoms with E-state index in [-0.39, 0.29) is 29.8 Å². The molecule has 2 aromatic rings. The van der Waals surface area contributed by atoms with Crippen molar-refractivity contribution in [3.63, 3.8) is 0 Å². The first-order valence-corrected chi connectivity index (χ1v) is 8.82. The van der Waals surface area contributed by atoms with E-state index in [1.807, 2.05) is 11.0 Å². The number of nitrogens with zero attached hydrogens (tertiary/aromatic N) is 3. The number of aromatic amines is 1. The lowest BCUT2D eigenvalue weighted by Crippen LogP contribution is -2.51. The smallest absolute Gasteiger partial charge is 0.271 e. The van der Waals surface area contributed by atoms with Crippen LogP contribution in [0.15, 0.2) is 36.8 Å². The molecule has 8 nitrogen and oxygen atoms in total. The number of aromatic nitrogens is 3. The average Bonchev–Trinajstić information content (AvgIpc) is 3.22. The molecule has 8 heteroatoms. The maximum atomic E-state index is 12.5. The lowest BCUT2D eigenvalue weighted by molar-refractivity contribution is -0.133. The Morgan fingerprint density at radius 1 is 1.31 bits per heavy atom. The molecule has 2 aromatic heterocycles. The third kappa shape index (κ3) is 3.45.